The van der Waals surface area contributed by atoms with E-state index in [0.717, 1.165) is 5.56 Å². The molecule has 21 heavy (non-hydrogen) atoms. The Morgan fingerprint density at radius 1 is 1.10 bits per heavy atom. The summed E-state index contributed by atoms with van der Waals surface area (Å²) in [5.41, 5.74) is 7.75. The van der Waals surface area contributed by atoms with Gasteiger partial charge < -0.3 is 15.2 Å². The van der Waals surface area contributed by atoms with Crippen molar-refractivity contribution in [3.05, 3.63) is 23.3 Å². The van der Waals surface area contributed by atoms with Gasteiger partial charge in [-0.1, -0.05) is 0 Å². The average molecular weight is 316 g/mol. The van der Waals surface area contributed by atoms with Crippen LogP contribution in [0, 0.1) is 13.8 Å². The van der Waals surface area contributed by atoms with Gasteiger partial charge >= 0.3 is 0 Å². The summed E-state index contributed by atoms with van der Waals surface area (Å²) in [6, 6.07) is 3.41. The molecule has 0 unspecified atom stereocenters. The van der Waals surface area contributed by atoms with Gasteiger partial charge in [-0.05, 0) is 37.1 Å². The van der Waals surface area contributed by atoms with E-state index in [-0.39, 0.29) is 18.0 Å². The van der Waals surface area contributed by atoms with E-state index in [9.17, 15) is 8.42 Å². The topological polar surface area (TPSA) is 81.9 Å². The molecule has 120 valence electrons. The molecular formula is C14H24N2O4S. The first kappa shape index (κ1) is 17.9. The van der Waals surface area contributed by atoms with Gasteiger partial charge in [0.1, 0.15) is 0 Å². The highest BCUT2D eigenvalue weighted by Crippen LogP contribution is 2.25. The minimum Gasteiger partial charge on any atom is -0.398 e. The van der Waals surface area contributed by atoms with Crippen LogP contribution in [0.4, 0.5) is 5.69 Å². The minimum atomic E-state index is -3.63. The molecule has 0 amide bonds. The number of rotatable bonds is 8. The van der Waals surface area contributed by atoms with E-state index >= 15 is 0 Å². The third kappa shape index (κ3) is 4.41. The van der Waals surface area contributed by atoms with Crippen LogP contribution < -0.4 is 5.73 Å². The van der Waals surface area contributed by atoms with Crippen molar-refractivity contribution in [3.63, 3.8) is 0 Å². The summed E-state index contributed by atoms with van der Waals surface area (Å²) in [6.45, 7) is 4.73. The molecule has 0 aliphatic heterocycles. The highest BCUT2D eigenvalue weighted by Gasteiger charge is 2.26. The van der Waals surface area contributed by atoms with Crippen LogP contribution in [-0.4, -0.2) is 53.2 Å². The molecule has 1 rings (SSSR count). The molecule has 6 nitrogen and oxygen atoms in total. The van der Waals surface area contributed by atoms with E-state index in [4.69, 9.17) is 15.2 Å². The van der Waals surface area contributed by atoms with Crippen molar-refractivity contribution in [1.82, 2.24) is 4.31 Å². The van der Waals surface area contributed by atoms with Crippen molar-refractivity contribution in [2.45, 2.75) is 18.7 Å². The van der Waals surface area contributed by atoms with Crippen molar-refractivity contribution in [1.29, 1.82) is 0 Å². The number of hydrogen-bond donors (Lipinski definition) is 1. The van der Waals surface area contributed by atoms with Crippen LogP contribution >= 0.6 is 0 Å². The van der Waals surface area contributed by atoms with Crippen LogP contribution in [-0.2, 0) is 19.5 Å². The smallest absolute Gasteiger partial charge is 0.243 e. The Kier molecular flexibility index (Phi) is 6.60. The molecule has 0 saturated carbocycles. The van der Waals surface area contributed by atoms with Crippen molar-refractivity contribution in [2.24, 2.45) is 0 Å². The van der Waals surface area contributed by atoms with Gasteiger partial charge in [-0.15, -0.1) is 0 Å². The molecule has 0 heterocycles. The molecule has 2 N–H and O–H groups in total. The number of ether oxygens (including phenoxy) is 2. The molecule has 0 saturated heterocycles. The highest BCUT2D eigenvalue weighted by atomic mass is 32.2. The van der Waals surface area contributed by atoms with Crippen LogP contribution in [0.2, 0.25) is 0 Å². The van der Waals surface area contributed by atoms with E-state index in [1.807, 2.05) is 6.92 Å². The van der Waals surface area contributed by atoms with Crippen molar-refractivity contribution >= 4 is 15.7 Å². The fourth-order valence-corrected chi connectivity index (χ4v) is 3.75. The molecule has 0 aromatic heterocycles. The van der Waals surface area contributed by atoms with Crippen LogP contribution in [0.25, 0.3) is 0 Å². The fourth-order valence-electron chi connectivity index (χ4n) is 2.00. The Morgan fingerprint density at radius 3 is 2.10 bits per heavy atom. The van der Waals surface area contributed by atoms with Crippen molar-refractivity contribution in [3.8, 4) is 0 Å². The number of aryl methyl sites for hydroxylation is 1. The summed E-state index contributed by atoms with van der Waals surface area (Å²) in [7, 11) is -0.550. The maximum atomic E-state index is 12.8. The molecule has 0 aliphatic carbocycles. The molecule has 0 radical (unpaired) electrons. The molecule has 0 bridgehead atoms. The number of nitrogen functional groups attached to an aromatic ring is 1. The van der Waals surface area contributed by atoms with Gasteiger partial charge in [0.2, 0.25) is 10.0 Å². The van der Waals surface area contributed by atoms with Gasteiger partial charge in [0, 0.05) is 33.0 Å². The third-order valence-electron chi connectivity index (χ3n) is 3.25. The summed E-state index contributed by atoms with van der Waals surface area (Å²) >= 11 is 0. The van der Waals surface area contributed by atoms with E-state index in [1.165, 1.54) is 18.5 Å². The maximum Gasteiger partial charge on any atom is 0.243 e. The third-order valence-corrected chi connectivity index (χ3v) is 5.28. The lowest BCUT2D eigenvalue weighted by Gasteiger charge is -2.23. The van der Waals surface area contributed by atoms with Gasteiger partial charge in [-0.3, -0.25) is 0 Å². The molecule has 0 atom stereocenters. The molecule has 1 aromatic rings. The van der Waals surface area contributed by atoms with Crippen LogP contribution in [0.1, 0.15) is 11.1 Å². The molecule has 0 spiro atoms. The highest BCUT2D eigenvalue weighted by molar-refractivity contribution is 7.89. The number of sulfonamides is 1. The first-order valence-electron chi connectivity index (χ1n) is 6.69. The molecule has 1 aromatic carbocycles. The zero-order chi connectivity index (χ0) is 16.0. The zero-order valence-electron chi connectivity index (χ0n) is 13.0. The average Bonchev–Trinajstić information content (AvgIpc) is 2.42. The summed E-state index contributed by atoms with van der Waals surface area (Å²) in [6.07, 6.45) is 0. The number of benzene rings is 1. The van der Waals surface area contributed by atoms with Gasteiger partial charge in [0.05, 0.1) is 18.1 Å². The number of nitrogens with two attached hydrogens (primary N) is 1. The number of hydrogen-bond acceptors (Lipinski definition) is 5. The Labute approximate surface area is 126 Å². The molecule has 0 aliphatic rings. The SMILES string of the molecule is COCCN(CCOC)S(=O)(=O)c1cc(C)cc(N)c1C. The van der Waals surface area contributed by atoms with Gasteiger partial charge in [0.15, 0.2) is 0 Å². The van der Waals surface area contributed by atoms with E-state index < -0.39 is 10.0 Å². The second-order valence-corrected chi connectivity index (χ2v) is 6.77. The van der Waals surface area contributed by atoms with Crippen molar-refractivity contribution in [2.75, 3.05) is 46.3 Å². The number of methoxy groups -OCH3 is 2. The van der Waals surface area contributed by atoms with Crippen molar-refractivity contribution < 1.29 is 17.9 Å². The molecular weight excluding hydrogens is 292 g/mol. The largest absolute Gasteiger partial charge is 0.398 e. The van der Waals surface area contributed by atoms with Gasteiger partial charge in [0.25, 0.3) is 0 Å². The second kappa shape index (κ2) is 7.74. The zero-order valence-corrected chi connectivity index (χ0v) is 13.9. The van der Waals surface area contributed by atoms with E-state index in [0.29, 0.717) is 24.5 Å². The molecule has 0 fully saturated rings. The number of anilines is 1. The van der Waals surface area contributed by atoms with Crippen LogP contribution in [0.15, 0.2) is 17.0 Å². The number of nitrogens with zero attached hydrogens (tertiary/aromatic N) is 1. The quantitative estimate of drug-likeness (QED) is 0.728. The van der Waals surface area contributed by atoms with E-state index in [2.05, 4.69) is 0 Å². The van der Waals surface area contributed by atoms with Gasteiger partial charge in [-0.2, -0.15) is 4.31 Å². The van der Waals surface area contributed by atoms with Gasteiger partial charge in [-0.25, -0.2) is 8.42 Å². The predicted octanol–water partition coefficient (Wildman–Crippen LogP) is 1.17. The maximum absolute atomic E-state index is 12.8. The van der Waals surface area contributed by atoms with Crippen LogP contribution in [0.3, 0.4) is 0 Å². The second-order valence-electron chi connectivity index (χ2n) is 4.87. The Balaban J connectivity index is 3.21. The Hall–Kier alpha value is -1.15. The van der Waals surface area contributed by atoms with Crippen LogP contribution in [0.5, 0.6) is 0 Å². The normalized spacial score (nSPS) is 12.0. The summed E-state index contributed by atoms with van der Waals surface area (Å²) in [5.74, 6) is 0. The monoisotopic (exact) mass is 316 g/mol. The molecule has 7 heteroatoms. The standard InChI is InChI=1S/C14H24N2O4S/c1-11-9-13(15)12(2)14(10-11)21(17,18)16(5-7-19-3)6-8-20-4/h9-10H,5-8,15H2,1-4H3. The predicted molar refractivity (Wildman–Crippen MR) is 82.8 cm³/mol. The lowest BCUT2D eigenvalue weighted by atomic mass is 10.1. The van der Waals surface area contributed by atoms with E-state index in [1.54, 1.807) is 19.1 Å². The minimum absolute atomic E-state index is 0.243. The summed E-state index contributed by atoms with van der Waals surface area (Å²) in [4.78, 5) is 0.243. The fraction of sp³-hybridized carbons (Fsp3) is 0.571. The Morgan fingerprint density at radius 2 is 1.62 bits per heavy atom. The first-order chi connectivity index (χ1) is 9.84. The summed E-state index contributed by atoms with van der Waals surface area (Å²) in [5, 5.41) is 0. The Bertz CT molecular complexity index is 565. The first-order valence-corrected chi connectivity index (χ1v) is 8.13. The lowest BCUT2D eigenvalue weighted by Crippen LogP contribution is -2.37. The summed E-state index contributed by atoms with van der Waals surface area (Å²) < 4.78 is 37.0. The lowest BCUT2D eigenvalue weighted by molar-refractivity contribution is 0.150.